The van der Waals surface area contributed by atoms with Crippen molar-refractivity contribution < 1.29 is 155 Å². The van der Waals surface area contributed by atoms with E-state index in [2.05, 4.69) is 50.4 Å². The number of carbonyl (C=O) groups excluding carboxylic acids is 6. The number of aliphatic hydroxyl groups is 1. The Morgan fingerprint density at radius 1 is 0.493 bits per heavy atom. The van der Waals surface area contributed by atoms with E-state index >= 15 is 0 Å². The number of nitrogens with zero attached hydrogens (tertiary/aromatic N) is 4. The molecule has 6 heterocycles. The molecule has 33 nitrogen and oxygen atoms in total. The first-order valence-corrected chi connectivity index (χ1v) is 45.9. The van der Waals surface area contributed by atoms with Gasteiger partial charge < -0.3 is 83.9 Å². The minimum absolute atomic E-state index is 0. The number of alkyl halides is 12. The molecule has 0 aliphatic carbocycles. The predicted molar refractivity (Wildman–Crippen MR) is 489 cm³/mol. The molecule has 4 bridgehead atoms. The van der Waals surface area contributed by atoms with Gasteiger partial charge in [-0.2, -0.15) is 57.9 Å². The van der Waals surface area contributed by atoms with Gasteiger partial charge in [0.1, 0.15) is 81.8 Å². The molecule has 9 N–H and O–H groups in total. The van der Waals surface area contributed by atoms with E-state index in [1.54, 1.807) is 44.4 Å². The monoisotopic (exact) mass is 2210 g/mol. The van der Waals surface area contributed by atoms with Crippen molar-refractivity contribution in [2.75, 3.05) is 74.4 Å². The third kappa shape index (κ3) is 27.1. The van der Waals surface area contributed by atoms with Crippen molar-refractivity contribution in [3.63, 3.8) is 0 Å². The largest absolute Gasteiger partial charge is 0.497 e. The number of hydrogen-bond acceptors (Lipinski definition) is 23. The van der Waals surface area contributed by atoms with Gasteiger partial charge in [-0.3, -0.25) is 57.5 Å². The van der Waals surface area contributed by atoms with Crippen molar-refractivity contribution in [3.8, 4) is 52.7 Å². The number of halogens is 12. The smallest absolute Gasteiger partial charge is 0.471 e. The van der Waals surface area contributed by atoms with E-state index in [1.807, 2.05) is 190 Å². The topological polar surface area (TPSA) is 424 Å². The molecule has 2 aromatic heterocycles. The number of nitriles is 1. The van der Waals surface area contributed by atoms with Crippen LogP contribution in [0.4, 0.5) is 52.7 Å². The minimum Gasteiger partial charge on any atom is -0.497 e. The summed E-state index contributed by atoms with van der Waals surface area (Å²) < 4.78 is 220. The van der Waals surface area contributed by atoms with Crippen LogP contribution in [-0.2, 0) is 88.7 Å². The van der Waals surface area contributed by atoms with Crippen LogP contribution in [0.5, 0.6) is 23.0 Å². The number of carbonyl (C=O) groups is 6. The van der Waals surface area contributed by atoms with Crippen LogP contribution >= 0.6 is 8.53 Å². The maximum absolute atomic E-state index is 14.0. The van der Waals surface area contributed by atoms with Crippen LogP contribution in [0, 0.1) is 35.0 Å². The molecule has 8 aromatic rings. The van der Waals surface area contributed by atoms with Crippen LogP contribution in [0.15, 0.2) is 189 Å². The zero-order valence-electron chi connectivity index (χ0n) is 78.5. The Kier molecular flexibility index (Phi) is 38.7. The Morgan fingerprint density at radius 2 is 0.833 bits per heavy atom. The molecule has 11 atom stereocenters. The first-order chi connectivity index (χ1) is 67.8. The third-order valence-electron chi connectivity index (χ3n) is 24.2. The van der Waals surface area contributed by atoms with Gasteiger partial charge in [-0.05, 0) is 161 Å². The molecule has 0 radical (unpaired) electrons. The molecule has 47 heteroatoms. The first kappa shape index (κ1) is 113. The molecule has 6 aromatic carbocycles. The average molecular weight is 2220 g/mol. The van der Waals surface area contributed by atoms with E-state index in [4.69, 9.17) is 46.9 Å². The Balaban J connectivity index is 0.000000298. The van der Waals surface area contributed by atoms with Crippen molar-refractivity contribution in [1.82, 2.24) is 55.7 Å². The van der Waals surface area contributed by atoms with E-state index in [0.717, 1.165) is 54.9 Å². The van der Waals surface area contributed by atoms with E-state index in [0.29, 0.717) is 23.0 Å². The number of hydrogen-bond donors (Lipinski definition) is 9. The quantitative estimate of drug-likeness (QED) is 0.00566. The van der Waals surface area contributed by atoms with Gasteiger partial charge in [-0.1, -0.05) is 133 Å². The molecule has 4 saturated heterocycles. The Morgan fingerprint density at radius 3 is 1.19 bits per heavy atom. The van der Waals surface area contributed by atoms with Gasteiger partial charge in [0, 0.05) is 69.5 Å². The predicted octanol–water partition coefficient (Wildman–Crippen LogP) is 10.0. The van der Waals surface area contributed by atoms with Gasteiger partial charge in [0.15, 0.2) is 12.5 Å². The second kappa shape index (κ2) is 49.2. The van der Waals surface area contributed by atoms with E-state index in [9.17, 15) is 111 Å². The van der Waals surface area contributed by atoms with Crippen molar-refractivity contribution in [3.05, 3.63) is 256 Å². The van der Waals surface area contributed by atoms with Crippen molar-refractivity contribution in [1.29, 1.82) is 5.26 Å². The SMILES string of the molecule is COc1ccc(C(C[C@]23CO[C@@H](C2O)[C@H](n2cc(C#CCNC(=O)C(CCCCNC(=O)C(F)(F)F)NC(=O)C(F)(F)F)c(=O)[nH]c2=O)O3)(c2ccccc2)c2ccc(OC)cc2)cc1.COc1ccc(C(C[C@]23CO[C@@H](C2OP(OCCC#N)N(C(C)C)C(C)C)[C@H](n2cc(C#CCNC(=O)C(CCCCNC(=O)C(F)(F)F)NC(=O)C(F)(F)F)c(=O)[nH]c2=O)O3)(c2ccccc2)c2ccc(OC)cc2)cc1.[W]. The van der Waals surface area contributed by atoms with E-state index in [-0.39, 0.29) is 109 Å². The fourth-order valence-electron chi connectivity index (χ4n) is 17.4. The Labute approximate surface area is 832 Å². The number of methoxy groups -OCH3 is 4. The summed E-state index contributed by atoms with van der Waals surface area (Å²) in [5.41, 5.74) is -4.44. The Hall–Kier alpha value is -12.7. The fourth-order valence-corrected chi connectivity index (χ4v) is 19.2. The van der Waals surface area contributed by atoms with Gasteiger partial charge in [0.2, 0.25) is 11.8 Å². The molecule has 4 aliphatic rings. The van der Waals surface area contributed by atoms with Crippen molar-refractivity contribution in [2.45, 2.75) is 193 Å². The summed E-state index contributed by atoms with van der Waals surface area (Å²) in [6, 6.07) is 47.5. The summed E-state index contributed by atoms with van der Waals surface area (Å²) in [7, 11) is 4.24. The van der Waals surface area contributed by atoms with Crippen molar-refractivity contribution >= 4 is 44.0 Å². The molecule has 12 rings (SSSR count). The standard InChI is InChI=1S/C53H60F6N7O11P.C44H43F6N5O10.W/c1-33(2)66(34(3)4)78(75-29-13-26-60)77-43-42-46(76-50(43,32-74-42)31-51(36-15-8-7-9-16-36,37-18-22-39(72-5)23-19-37)38-20-24-40(73-6)25-21-38)65-30-35(44(67)64-49(65)71)14-12-28-61-45(68)41(63-48(70)53(57,58)59)17-10-11-27-62-47(69)52(54,55)56;1-62-30-17-13-28(14-18-30)42(27-10-4-3-5-11-27,29-15-19-31(63-2)20-16-29)24-41-25-64-33(34(41)56)37(65-41)55-23-26(35(57)54-40(55)61)9-8-22-51-36(58)32(53-39(60)44(48,49)50)12-6-7-21-52-38(59)43(45,46)47;/h7-9,15-16,18-25,30,33-34,41-43,46H,10-11,13,17,27-29,31-32H2,1-6H3,(H,61,68)(H,62,69)(H,63,70)(H,64,67,71);3-5,10-11,13-20,23,32-34,37,56H,6-7,12,21-22,24-25H2,1-2H3,(H,51,58)(H,52,59)(H,53,60)(H,54,57,61);/t41?,42-,43?,46+,50-,78?;32?,33-,34?,37+,41-;/m00./s1. The van der Waals surface area contributed by atoms with Gasteiger partial charge in [-0.25, -0.2) is 14.3 Å². The second-order valence-electron chi connectivity index (χ2n) is 34.0. The van der Waals surface area contributed by atoms with Crippen LogP contribution < -0.4 is 73.3 Å². The number of benzene rings is 6. The van der Waals surface area contributed by atoms with Crippen LogP contribution in [0.25, 0.3) is 0 Å². The van der Waals surface area contributed by atoms with Crippen LogP contribution in [-0.4, -0.2) is 223 Å². The number of unbranched alkanes of at least 4 members (excludes halogenated alkanes) is 2. The average Bonchev–Trinajstić information content (AvgIpc) is 1.55. The molecule has 6 amide bonds. The van der Waals surface area contributed by atoms with Gasteiger partial charge in [-0.15, -0.1) is 0 Å². The number of nitrogens with one attached hydrogen (secondary N) is 8. The summed E-state index contributed by atoms with van der Waals surface area (Å²) in [5, 5.41) is 32.3. The fraction of sp³-hybridized carbons (Fsp3) is 0.433. The molecule has 144 heavy (non-hydrogen) atoms. The summed E-state index contributed by atoms with van der Waals surface area (Å²) in [4.78, 5) is 130. The number of amides is 6. The summed E-state index contributed by atoms with van der Waals surface area (Å²) in [6.07, 6.45) is -27.4. The second-order valence-corrected chi connectivity index (χ2v) is 35.4. The molecular formula is C97H103F12N12O21PW. The molecule has 0 saturated carbocycles. The number of aromatic nitrogens is 4. The van der Waals surface area contributed by atoms with Crippen molar-refractivity contribution in [2.24, 2.45) is 0 Å². The number of ether oxygens (including phenoxy) is 8. The maximum atomic E-state index is 14.0. The third-order valence-corrected chi connectivity index (χ3v) is 26.3. The van der Waals surface area contributed by atoms with Crippen LogP contribution in [0.3, 0.4) is 0 Å². The van der Waals surface area contributed by atoms with Gasteiger partial charge in [0.25, 0.3) is 19.6 Å². The molecule has 0 spiro atoms. The van der Waals surface area contributed by atoms with E-state index < -0.39 is 201 Å². The Bertz CT molecular complexity index is 6100. The molecular weight excluding hydrogens is 2110 g/mol. The summed E-state index contributed by atoms with van der Waals surface area (Å²) >= 11 is 0. The maximum Gasteiger partial charge on any atom is 0.471 e. The number of fused-ring (bicyclic) bond motifs is 4. The van der Waals surface area contributed by atoms with Gasteiger partial charge in [0.05, 0.1) is 73.8 Å². The van der Waals surface area contributed by atoms with Gasteiger partial charge >= 0.3 is 59.7 Å². The number of H-pyrrole nitrogens is 2. The number of rotatable bonds is 40. The molecule has 772 valence electrons. The van der Waals surface area contributed by atoms with Crippen LogP contribution in [0.2, 0.25) is 0 Å². The number of aliphatic hydroxyl groups excluding tert-OH is 1. The van der Waals surface area contributed by atoms with Crippen LogP contribution in [0.1, 0.15) is 142 Å². The minimum atomic E-state index is -5.39. The normalized spacial score (nSPS) is 19.1. The summed E-state index contributed by atoms with van der Waals surface area (Å²) in [5.74, 6) is 0.803. The zero-order chi connectivity index (χ0) is 104. The molecule has 5 unspecified atom stereocenters. The van der Waals surface area contributed by atoms with E-state index in [1.165, 1.54) is 5.32 Å². The first-order valence-electron chi connectivity index (χ1n) is 44.7. The summed E-state index contributed by atoms with van der Waals surface area (Å²) in [6.45, 7) is 5.58. The zero-order valence-corrected chi connectivity index (χ0v) is 82.4. The molecule has 4 fully saturated rings. The number of aromatic amines is 2. The molecule has 4 aliphatic heterocycles.